The third-order valence-electron chi connectivity index (χ3n) is 19.2. The van der Waals surface area contributed by atoms with E-state index in [0.717, 1.165) is 93.2 Å². The minimum Gasteiger partial charge on any atom is -0.455 e. The van der Waals surface area contributed by atoms with Gasteiger partial charge in [-0.3, -0.25) is 0 Å². The van der Waals surface area contributed by atoms with Crippen molar-refractivity contribution < 1.29 is 8.83 Å². The Hall–Kier alpha value is -11.8. The summed E-state index contributed by atoms with van der Waals surface area (Å²) >= 11 is 0. The molecule has 0 bridgehead atoms. The summed E-state index contributed by atoms with van der Waals surface area (Å²) in [7, 11) is 0. The molecule has 90 heavy (non-hydrogen) atoms. The van der Waals surface area contributed by atoms with Crippen LogP contribution >= 0.6 is 0 Å². The minimum atomic E-state index is 0.843. The van der Waals surface area contributed by atoms with Crippen molar-refractivity contribution in [2.45, 2.75) is 0 Å². The lowest BCUT2D eigenvalue weighted by Crippen LogP contribution is -1.93. The topological polar surface area (TPSA) is 26.3 Å². The van der Waals surface area contributed by atoms with E-state index in [4.69, 9.17) is 8.83 Å². The Bertz CT molecular complexity index is 6140. The number of benzene rings is 17. The molecule has 2 aromatic heterocycles. The molecule has 2 heteroatoms. The maximum Gasteiger partial charge on any atom is 0.143 e. The molecule has 0 aliphatic heterocycles. The smallest absolute Gasteiger partial charge is 0.143 e. The van der Waals surface area contributed by atoms with Gasteiger partial charge in [0.1, 0.15) is 22.3 Å². The first kappa shape index (κ1) is 50.3. The highest BCUT2D eigenvalue weighted by Gasteiger charge is 2.26. The summed E-state index contributed by atoms with van der Waals surface area (Å²) in [4.78, 5) is 0. The second kappa shape index (κ2) is 19.8. The van der Waals surface area contributed by atoms with Crippen LogP contribution in [-0.4, -0.2) is 0 Å². The van der Waals surface area contributed by atoms with E-state index in [0.29, 0.717) is 0 Å². The average molecular weight is 1140 g/mol. The van der Waals surface area contributed by atoms with Gasteiger partial charge < -0.3 is 8.83 Å². The lowest BCUT2D eigenvalue weighted by Gasteiger charge is -2.21. The lowest BCUT2D eigenvalue weighted by atomic mass is 9.82. The molecule has 0 atom stereocenters. The van der Waals surface area contributed by atoms with Crippen molar-refractivity contribution in [2.75, 3.05) is 0 Å². The predicted molar refractivity (Wildman–Crippen MR) is 382 cm³/mol. The molecule has 17 aromatic carbocycles. The number of furan rings is 2. The van der Waals surface area contributed by atoms with Gasteiger partial charge >= 0.3 is 0 Å². The first-order chi connectivity index (χ1) is 44.7. The van der Waals surface area contributed by atoms with Crippen molar-refractivity contribution in [1.82, 2.24) is 0 Å². The molecular formula is C88H52O2. The van der Waals surface area contributed by atoms with E-state index in [2.05, 4.69) is 315 Å². The second-order valence-corrected chi connectivity index (χ2v) is 24.0. The van der Waals surface area contributed by atoms with Gasteiger partial charge in [-0.2, -0.15) is 0 Å². The summed E-state index contributed by atoms with van der Waals surface area (Å²) in [5, 5.41) is 20.9. The Kier molecular flexibility index (Phi) is 11.1. The van der Waals surface area contributed by atoms with E-state index >= 15 is 0 Å². The molecule has 416 valence electrons. The van der Waals surface area contributed by atoms with Crippen LogP contribution in [-0.2, 0) is 0 Å². The van der Waals surface area contributed by atoms with Gasteiger partial charge in [0.05, 0.1) is 0 Å². The predicted octanol–water partition coefficient (Wildman–Crippen LogP) is 25.2. The molecule has 19 rings (SSSR count). The van der Waals surface area contributed by atoms with Gasteiger partial charge in [0, 0.05) is 32.3 Å². The van der Waals surface area contributed by atoms with Gasteiger partial charge in [-0.25, -0.2) is 0 Å². The maximum absolute atomic E-state index is 7.36. The third-order valence-corrected chi connectivity index (χ3v) is 19.2. The van der Waals surface area contributed by atoms with Gasteiger partial charge in [-0.1, -0.05) is 279 Å². The average Bonchev–Trinajstić information content (AvgIpc) is 1.21. The number of rotatable bonds is 7. The zero-order valence-electron chi connectivity index (χ0n) is 48.8. The molecule has 0 saturated heterocycles. The fraction of sp³-hybridized carbons (Fsp3) is 0. The van der Waals surface area contributed by atoms with Crippen molar-refractivity contribution >= 4 is 119 Å². The number of fused-ring (bicyclic) bond motifs is 15. The fourth-order valence-electron chi connectivity index (χ4n) is 15.3. The second-order valence-electron chi connectivity index (χ2n) is 24.0. The fourth-order valence-corrected chi connectivity index (χ4v) is 15.3. The van der Waals surface area contributed by atoms with Gasteiger partial charge in [-0.05, 0) is 179 Å². The van der Waals surface area contributed by atoms with E-state index in [1.54, 1.807) is 0 Å². The van der Waals surface area contributed by atoms with E-state index in [-0.39, 0.29) is 0 Å². The van der Waals surface area contributed by atoms with Crippen molar-refractivity contribution in [1.29, 1.82) is 0 Å². The largest absolute Gasteiger partial charge is 0.455 e. The van der Waals surface area contributed by atoms with Crippen LogP contribution in [0.15, 0.2) is 324 Å². The number of para-hydroxylation sites is 1. The van der Waals surface area contributed by atoms with Crippen LogP contribution in [0.3, 0.4) is 0 Å². The lowest BCUT2D eigenvalue weighted by molar-refractivity contribution is 0.672. The highest BCUT2D eigenvalue weighted by Crippen LogP contribution is 2.53. The van der Waals surface area contributed by atoms with Crippen LogP contribution in [0.1, 0.15) is 0 Å². The molecule has 0 aliphatic rings. The molecule has 19 aromatic rings. The summed E-state index contributed by atoms with van der Waals surface area (Å²) in [6.45, 7) is 0. The Morgan fingerprint density at radius 2 is 0.544 bits per heavy atom. The third kappa shape index (κ3) is 7.59. The molecule has 0 spiro atoms. The van der Waals surface area contributed by atoms with Gasteiger partial charge in [0.2, 0.25) is 0 Å². The van der Waals surface area contributed by atoms with Crippen LogP contribution in [0.5, 0.6) is 0 Å². The normalized spacial score (nSPS) is 12.0. The minimum absolute atomic E-state index is 0.843. The molecule has 0 unspecified atom stereocenters. The van der Waals surface area contributed by atoms with Crippen molar-refractivity contribution in [2.24, 2.45) is 0 Å². The SMILES string of the molecule is c1ccc(-c2ccc(-c3c4ccccc4c(-c4cc5ccccc5c5oc6ccccc6c45)c4ccc(-c5ccc6c(c5)oc5c7ccccc7cc(-c7c8ccccc8c(-c8ccccc8-c8cccc9ccccc89)c8ccccc78)c65)cc34)cc2)cc1. The van der Waals surface area contributed by atoms with Gasteiger partial charge in [0.25, 0.3) is 0 Å². The zero-order valence-corrected chi connectivity index (χ0v) is 48.8. The molecule has 0 aliphatic carbocycles. The highest BCUT2D eigenvalue weighted by atomic mass is 16.3. The van der Waals surface area contributed by atoms with Gasteiger partial charge in [0.15, 0.2) is 0 Å². The van der Waals surface area contributed by atoms with Crippen LogP contribution in [0.25, 0.3) is 197 Å². The molecule has 0 saturated carbocycles. The molecule has 0 N–H and O–H groups in total. The first-order valence-corrected chi connectivity index (χ1v) is 31.0. The van der Waals surface area contributed by atoms with Crippen LogP contribution < -0.4 is 0 Å². The monoisotopic (exact) mass is 1140 g/mol. The maximum atomic E-state index is 7.36. The van der Waals surface area contributed by atoms with Crippen molar-refractivity contribution in [3.8, 4) is 77.9 Å². The van der Waals surface area contributed by atoms with Crippen LogP contribution in [0.4, 0.5) is 0 Å². The zero-order chi connectivity index (χ0) is 59.0. The Morgan fingerprint density at radius 1 is 0.167 bits per heavy atom. The number of hydrogen-bond acceptors (Lipinski definition) is 2. The Labute approximate surface area is 518 Å². The molecule has 2 nitrogen and oxygen atoms in total. The van der Waals surface area contributed by atoms with E-state index in [1.165, 1.54) is 104 Å². The van der Waals surface area contributed by atoms with Crippen molar-refractivity contribution in [3.05, 3.63) is 315 Å². The summed E-state index contributed by atoms with van der Waals surface area (Å²) in [5.74, 6) is 0. The molecule has 2 heterocycles. The molecular weight excluding hydrogens is 1090 g/mol. The quantitative estimate of drug-likeness (QED) is 0.149. The standard InChI is InChI=1S/C88H52O2/c1-2-21-53(22-3-1)54-41-43-56(44-42-54)81-67-32-12-13-33-68(67)84(78-51-59-24-5-8-28-62(59)87-85(78)74-38-18-19-40-79(74)89-87)73-47-45-57(49-76(73)81)58-46-48-75-80(52-58)90-88-63-29-9-6-25-60(63)50-77(86(75)88)83-71-36-16-14-34-69(71)82(70-35-15-17-37-72(70)83)66-31-11-10-30-65(66)64-39-20-26-55-23-4-7-27-61(55)64/h1-52H. The molecule has 0 fully saturated rings. The summed E-state index contributed by atoms with van der Waals surface area (Å²) < 4.78 is 14.2. The first-order valence-electron chi connectivity index (χ1n) is 31.0. The Morgan fingerprint density at radius 3 is 1.16 bits per heavy atom. The van der Waals surface area contributed by atoms with E-state index in [9.17, 15) is 0 Å². The van der Waals surface area contributed by atoms with Crippen LogP contribution in [0.2, 0.25) is 0 Å². The summed E-state index contributed by atoms with van der Waals surface area (Å²) in [5.41, 5.74) is 20.0. The highest BCUT2D eigenvalue weighted by molar-refractivity contribution is 6.31. The van der Waals surface area contributed by atoms with E-state index < -0.39 is 0 Å². The number of hydrogen-bond donors (Lipinski definition) is 0. The molecule has 0 radical (unpaired) electrons. The Balaban J connectivity index is 0.844. The summed E-state index contributed by atoms with van der Waals surface area (Å²) in [6, 6.07) is 116. The van der Waals surface area contributed by atoms with E-state index in [1.807, 2.05) is 0 Å². The molecule has 0 amide bonds. The van der Waals surface area contributed by atoms with Crippen LogP contribution in [0, 0.1) is 0 Å². The summed E-state index contributed by atoms with van der Waals surface area (Å²) in [6.07, 6.45) is 0. The van der Waals surface area contributed by atoms with Crippen molar-refractivity contribution in [3.63, 3.8) is 0 Å². The van der Waals surface area contributed by atoms with Gasteiger partial charge in [-0.15, -0.1) is 0 Å².